The van der Waals surface area contributed by atoms with Gasteiger partial charge in [-0.25, -0.2) is 0 Å². The zero-order chi connectivity index (χ0) is 13.9. The van der Waals surface area contributed by atoms with E-state index in [0.29, 0.717) is 11.5 Å². The minimum atomic E-state index is 0.315. The molecular formula is C17H28N2. The van der Waals surface area contributed by atoms with Crippen LogP contribution >= 0.6 is 0 Å². The van der Waals surface area contributed by atoms with E-state index >= 15 is 0 Å². The summed E-state index contributed by atoms with van der Waals surface area (Å²) in [5.74, 6) is 0.739. The monoisotopic (exact) mass is 260 g/mol. The van der Waals surface area contributed by atoms with Crippen molar-refractivity contribution in [2.75, 3.05) is 13.1 Å². The Morgan fingerprint density at radius 1 is 1.21 bits per heavy atom. The zero-order valence-corrected chi connectivity index (χ0v) is 12.6. The average molecular weight is 260 g/mol. The highest BCUT2D eigenvalue weighted by molar-refractivity contribution is 5.14. The van der Waals surface area contributed by atoms with Crippen molar-refractivity contribution in [2.24, 2.45) is 17.1 Å². The van der Waals surface area contributed by atoms with E-state index in [1.807, 2.05) is 0 Å². The number of nitrogens with zero attached hydrogens (tertiary/aromatic N) is 1. The summed E-state index contributed by atoms with van der Waals surface area (Å²) in [5.41, 5.74) is 8.09. The normalized spacial score (nSPS) is 26.1. The molecule has 2 N–H and O–H groups in total. The van der Waals surface area contributed by atoms with Gasteiger partial charge in [0.05, 0.1) is 0 Å². The van der Waals surface area contributed by atoms with Crippen molar-refractivity contribution in [2.45, 2.75) is 46.2 Å². The quantitative estimate of drug-likeness (QED) is 0.884. The molecule has 2 unspecified atom stereocenters. The molecule has 2 nitrogen and oxygen atoms in total. The van der Waals surface area contributed by atoms with Crippen molar-refractivity contribution in [1.82, 2.24) is 4.90 Å². The lowest BCUT2D eigenvalue weighted by Crippen LogP contribution is -2.36. The summed E-state index contributed by atoms with van der Waals surface area (Å²) < 4.78 is 0. The van der Waals surface area contributed by atoms with Crippen LogP contribution < -0.4 is 5.73 Å². The third kappa shape index (κ3) is 4.32. The molecule has 1 aliphatic rings. The van der Waals surface area contributed by atoms with E-state index < -0.39 is 0 Å². The molecule has 0 saturated carbocycles. The third-order valence-corrected chi connectivity index (χ3v) is 4.35. The maximum Gasteiger partial charge on any atom is 0.0234 e. The molecule has 0 aromatic heterocycles. The molecule has 0 bridgehead atoms. The smallest absolute Gasteiger partial charge is 0.0234 e. The maximum atomic E-state index is 6.32. The molecule has 2 rings (SSSR count). The highest BCUT2D eigenvalue weighted by Gasteiger charge is 2.30. The number of hydrogen-bond donors (Lipinski definition) is 1. The van der Waals surface area contributed by atoms with Crippen LogP contribution in [0.1, 0.15) is 39.2 Å². The molecule has 1 aliphatic heterocycles. The molecule has 1 aromatic rings. The molecule has 0 aliphatic carbocycles. The fraction of sp³-hybridized carbons (Fsp3) is 0.647. The van der Waals surface area contributed by atoms with Crippen LogP contribution in [0, 0.1) is 11.3 Å². The van der Waals surface area contributed by atoms with Gasteiger partial charge >= 0.3 is 0 Å². The summed E-state index contributed by atoms with van der Waals surface area (Å²) in [5, 5.41) is 0. The van der Waals surface area contributed by atoms with Crippen molar-refractivity contribution in [3.05, 3.63) is 35.9 Å². The lowest BCUT2D eigenvalue weighted by atomic mass is 9.76. The molecule has 1 saturated heterocycles. The van der Waals surface area contributed by atoms with E-state index in [2.05, 4.69) is 56.0 Å². The van der Waals surface area contributed by atoms with Gasteiger partial charge < -0.3 is 5.73 Å². The average Bonchev–Trinajstić information content (AvgIpc) is 2.51. The second kappa shape index (κ2) is 6.06. The first kappa shape index (κ1) is 14.5. The van der Waals surface area contributed by atoms with Gasteiger partial charge in [-0.1, -0.05) is 51.1 Å². The SMILES string of the molecule is CC(C)(C)C1CCN(Cc2ccccc2)CC(N)C1. The molecule has 0 amide bonds. The van der Waals surface area contributed by atoms with Crippen molar-refractivity contribution in [3.8, 4) is 0 Å². The molecule has 2 heteroatoms. The van der Waals surface area contributed by atoms with Gasteiger partial charge in [0.1, 0.15) is 0 Å². The summed E-state index contributed by atoms with van der Waals surface area (Å²) in [7, 11) is 0. The van der Waals surface area contributed by atoms with Crippen LogP contribution in [0.15, 0.2) is 30.3 Å². The molecule has 2 atom stereocenters. The van der Waals surface area contributed by atoms with E-state index in [9.17, 15) is 0 Å². The van der Waals surface area contributed by atoms with E-state index in [0.717, 1.165) is 25.4 Å². The minimum absolute atomic E-state index is 0.315. The Kier molecular flexibility index (Phi) is 4.64. The van der Waals surface area contributed by atoms with Gasteiger partial charge in [0.2, 0.25) is 0 Å². The van der Waals surface area contributed by atoms with Crippen LogP contribution in [-0.2, 0) is 6.54 Å². The number of likely N-dealkylation sites (tertiary alicyclic amines) is 1. The second-order valence-electron chi connectivity index (χ2n) is 7.07. The second-order valence-corrected chi connectivity index (χ2v) is 7.07. The van der Waals surface area contributed by atoms with Crippen molar-refractivity contribution >= 4 is 0 Å². The Bertz CT molecular complexity index is 380. The van der Waals surface area contributed by atoms with Crippen LogP contribution in [0.5, 0.6) is 0 Å². The summed E-state index contributed by atoms with van der Waals surface area (Å²) in [4.78, 5) is 2.52. The standard InChI is InChI=1S/C17H28N2/c1-17(2,3)15-9-10-19(13-16(18)11-15)12-14-7-5-4-6-8-14/h4-8,15-16H,9-13,18H2,1-3H3. The largest absolute Gasteiger partial charge is 0.327 e. The zero-order valence-electron chi connectivity index (χ0n) is 12.6. The predicted molar refractivity (Wildman–Crippen MR) is 81.9 cm³/mol. The third-order valence-electron chi connectivity index (χ3n) is 4.35. The Balaban J connectivity index is 1.98. The fourth-order valence-corrected chi connectivity index (χ4v) is 3.09. The first-order chi connectivity index (χ1) is 8.95. The van der Waals surface area contributed by atoms with Gasteiger partial charge in [-0.05, 0) is 36.3 Å². The van der Waals surface area contributed by atoms with Crippen LogP contribution in [0.25, 0.3) is 0 Å². The van der Waals surface area contributed by atoms with E-state index in [4.69, 9.17) is 5.73 Å². The van der Waals surface area contributed by atoms with Gasteiger partial charge in [-0.3, -0.25) is 4.90 Å². The Hall–Kier alpha value is -0.860. The van der Waals surface area contributed by atoms with Crippen LogP contribution in [0.4, 0.5) is 0 Å². The summed E-state index contributed by atoms with van der Waals surface area (Å²) in [6.07, 6.45) is 2.43. The van der Waals surface area contributed by atoms with Gasteiger partial charge in [0.15, 0.2) is 0 Å². The van der Waals surface area contributed by atoms with Gasteiger partial charge in [0, 0.05) is 19.1 Å². The first-order valence-corrected chi connectivity index (χ1v) is 7.47. The summed E-state index contributed by atoms with van der Waals surface area (Å²) in [6.45, 7) is 10.3. The molecule has 0 spiro atoms. The Morgan fingerprint density at radius 2 is 1.89 bits per heavy atom. The number of nitrogens with two attached hydrogens (primary N) is 1. The first-order valence-electron chi connectivity index (χ1n) is 7.47. The van der Waals surface area contributed by atoms with Gasteiger partial charge in [-0.15, -0.1) is 0 Å². The van der Waals surface area contributed by atoms with Crippen LogP contribution in [0.3, 0.4) is 0 Å². The lowest BCUT2D eigenvalue weighted by Gasteiger charge is -2.30. The van der Waals surface area contributed by atoms with E-state index in [1.165, 1.54) is 18.5 Å². The van der Waals surface area contributed by atoms with Crippen molar-refractivity contribution in [1.29, 1.82) is 0 Å². The lowest BCUT2D eigenvalue weighted by molar-refractivity contribution is 0.205. The molecule has 106 valence electrons. The Labute approximate surface area is 118 Å². The summed E-state index contributed by atoms with van der Waals surface area (Å²) in [6, 6.07) is 11.0. The highest BCUT2D eigenvalue weighted by atomic mass is 15.1. The molecular weight excluding hydrogens is 232 g/mol. The number of benzene rings is 1. The van der Waals surface area contributed by atoms with Crippen molar-refractivity contribution in [3.63, 3.8) is 0 Å². The minimum Gasteiger partial charge on any atom is -0.327 e. The van der Waals surface area contributed by atoms with E-state index in [1.54, 1.807) is 0 Å². The maximum absolute atomic E-state index is 6.32. The Morgan fingerprint density at radius 3 is 2.53 bits per heavy atom. The topological polar surface area (TPSA) is 29.3 Å². The molecule has 0 radical (unpaired) electrons. The van der Waals surface area contributed by atoms with Crippen LogP contribution in [-0.4, -0.2) is 24.0 Å². The molecule has 1 heterocycles. The number of rotatable bonds is 2. The van der Waals surface area contributed by atoms with Crippen LogP contribution in [0.2, 0.25) is 0 Å². The number of hydrogen-bond acceptors (Lipinski definition) is 2. The van der Waals surface area contributed by atoms with Crippen molar-refractivity contribution < 1.29 is 0 Å². The van der Waals surface area contributed by atoms with Gasteiger partial charge in [-0.2, -0.15) is 0 Å². The predicted octanol–water partition coefficient (Wildman–Crippen LogP) is 3.27. The molecule has 1 fully saturated rings. The molecule has 1 aromatic carbocycles. The van der Waals surface area contributed by atoms with E-state index in [-0.39, 0.29) is 0 Å². The molecule has 19 heavy (non-hydrogen) atoms. The van der Waals surface area contributed by atoms with Gasteiger partial charge in [0.25, 0.3) is 0 Å². The highest BCUT2D eigenvalue weighted by Crippen LogP contribution is 2.34. The summed E-state index contributed by atoms with van der Waals surface area (Å²) >= 11 is 0. The fourth-order valence-electron chi connectivity index (χ4n) is 3.09.